The molecule has 0 aromatic heterocycles. The molecule has 1 atom stereocenters. The van der Waals surface area contributed by atoms with Gasteiger partial charge in [-0.25, -0.2) is 4.79 Å². The van der Waals surface area contributed by atoms with E-state index in [4.69, 9.17) is 4.74 Å². The Hall–Kier alpha value is -1.71. The van der Waals surface area contributed by atoms with Crippen LogP contribution in [0.2, 0.25) is 0 Å². The van der Waals surface area contributed by atoms with Crippen LogP contribution in [0.3, 0.4) is 0 Å². The number of carboxylic acids is 1. The molecule has 0 saturated heterocycles. The molecule has 0 heterocycles. The van der Waals surface area contributed by atoms with E-state index >= 15 is 0 Å². The van der Waals surface area contributed by atoms with Gasteiger partial charge in [0.1, 0.15) is 11.3 Å². The highest BCUT2D eigenvalue weighted by Crippen LogP contribution is 2.35. The van der Waals surface area contributed by atoms with Crippen LogP contribution in [0.5, 0.6) is 5.75 Å². The third kappa shape index (κ3) is 3.19. The Morgan fingerprint density at radius 2 is 2.05 bits per heavy atom. The lowest BCUT2D eigenvalue weighted by Gasteiger charge is -2.35. The Labute approximate surface area is 113 Å². The van der Waals surface area contributed by atoms with Gasteiger partial charge in [0.15, 0.2) is 0 Å². The minimum atomic E-state index is -0.903. The van der Waals surface area contributed by atoms with E-state index in [2.05, 4.69) is 5.32 Å². The molecule has 1 unspecified atom stereocenters. The second kappa shape index (κ2) is 5.51. The van der Waals surface area contributed by atoms with Gasteiger partial charge >= 0.3 is 5.97 Å². The fourth-order valence-corrected chi connectivity index (χ4v) is 2.46. The zero-order chi connectivity index (χ0) is 13.9. The first-order valence-corrected chi connectivity index (χ1v) is 6.69. The molecule has 1 aliphatic rings. The lowest BCUT2D eigenvalue weighted by atomic mass is 9.76. The largest absolute Gasteiger partial charge is 0.497 e. The molecule has 1 aliphatic carbocycles. The Kier molecular flexibility index (Phi) is 3.98. The summed E-state index contributed by atoms with van der Waals surface area (Å²) in [5, 5.41) is 12.6. The highest BCUT2D eigenvalue weighted by molar-refractivity contribution is 5.82. The Bertz CT molecular complexity index is 439. The molecular weight excluding hydrogens is 242 g/mol. The van der Waals surface area contributed by atoms with Crippen LogP contribution in [0.25, 0.3) is 0 Å². The smallest absolute Gasteiger partial charge is 0.329 e. The second-order valence-electron chi connectivity index (χ2n) is 5.49. The number of rotatable bonds is 6. The molecule has 0 radical (unpaired) electrons. The summed E-state index contributed by atoms with van der Waals surface area (Å²) in [7, 11) is 1.61. The minimum Gasteiger partial charge on any atom is -0.497 e. The maximum absolute atomic E-state index is 11.5. The van der Waals surface area contributed by atoms with Gasteiger partial charge in [0, 0.05) is 5.69 Å². The van der Waals surface area contributed by atoms with Gasteiger partial charge in [0.25, 0.3) is 0 Å². The van der Waals surface area contributed by atoms with Crippen molar-refractivity contribution in [3.05, 3.63) is 24.3 Å². The predicted octanol–water partition coefficient (Wildman–Crippen LogP) is 3.14. The number of methoxy groups -OCH3 is 1. The summed E-state index contributed by atoms with van der Waals surface area (Å²) < 4.78 is 5.09. The van der Waals surface area contributed by atoms with Gasteiger partial charge in [-0.05, 0) is 43.5 Å². The molecule has 1 fully saturated rings. The van der Waals surface area contributed by atoms with Crippen LogP contribution in [0, 0.1) is 5.92 Å². The molecule has 4 nitrogen and oxygen atoms in total. The van der Waals surface area contributed by atoms with Crippen LogP contribution in [0.15, 0.2) is 24.3 Å². The molecule has 1 aromatic carbocycles. The molecule has 4 heteroatoms. The van der Waals surface area contributed by atoms with E-state index in [1.54, 1.807) is 14.0 Å². The number of carbonyl (C=O) groups is 1. The summed E-state index contributed by atoms with van der Waals surface area (Å²) in [5.41, 5.74) is -0.0929. The molecule has 104 valence electrons. The van der Waals surface area contributed by atoms with Crippen molar-refractivity contribution in [1.29, 1.82) is 0 Å². The Balaban J connectivity index is 2.07. The standard InChI is InChI=1S/C15H21NO3/c1-15(14(17)18,10-11-4-3-5-11)16-12-6-8-13(19-2)9-7-12/h6-9,11,16H,3-5,10H2,1-2H3,(H,17,18). The van der Waals surface area contributed by atoms with Crippen LogP contribution >= 0.6 is 0 Å². The molecule has 0 amide bonds. The fourth-order valence-electron chi connectivity index (χ4n) is 2.46. The Morgan fingerprint density at radius 3 is 2.47 bits per heavy atom. The van der Waals surface area contributed by atoms with Crippen molar-refractivity contribution in [2.75, 3.05) is 12.4 Å². The number of aliphatic carboxylic acids is 1. The monoisotopic (exact) mass is 263 g/mol. The van der Waals surface area contributed by atoms with E-state index in [0.29, 0.717) is 12.3 Å². The van der Waals surface area contributed by atoms with Crippen molar-refractivity contribution in [1.82, 2.24) is 0 Å². The van der Waals surface area contributed by atoms with E-state index in [1.165, 1.54) is 6.42 Å². The van der Waals surface area contributed by atoms with Crippen molar-refractivity contribution in [3.8, 4) is 5.75 Å². The number of carboxylic acid groups (broad SMARTS) is 1. The summed E-state index contributed by atoms with van der Waals surface area (Å²) in [4.78, 5) is 11.5. The molecule has 2 rings (SSSR count). The number of hydrogen-bond acceptors (Lipinski definition) is 3. The van der Waals surface area contributed by atoms with E-state index < -0.39 is 11.5 Å². The van der Waals surface area contributed by atoms with Crippen LogP contribution in [-0.2, 0) is 4.79 Å². The number of anilines is 1. The zero-order valence-corrected chi connectivity index (χ0v) is 11.5. The first-order chi connectivity index (χ1) is 9.03. The lowest BCUT2D eigenvalue weighted by Crippen LogP contribution is -2.45. The Morgan fingerprint density at radius 1 is 1.42 bits per heavy atom. The van der Waals surface area contributed by atoms with E-state index in [1.807, 2.05) is 24.3 Å². The number of ether oxygens (including phenoxy) is 1. The summed E-state index contributed by atoms with van der Waals surface area (Å²) in [6.07, 6.45) is 4.19. The van der Waals surface area contributed by atoms with Crippen molar-refractivity contribution in [2.24, 2.45) is 5.92 Å². The summed E-state index contributed by atoms with van der Waals surface area (Å²) in [5.74, 6) is 0.503. The first-order valence-electron chi connectivity index (χ1n) is 6.69. The average Bonchev–Trinajstić information content (AvgIpc) is 2.35. The molecule has 1 aromatic rings. The van der Waals surface area contributed by atoms with Crippen LogP contribution in [0.1, 0.15) is 32.6 Å². The first kappa shape index (κ1) is 13.7. The third-order valence-electron chi connectivity index (χ3n) is 3.90. The van der Waals surface area contributed by atoms with Crippen LogP contribution < -0.4 is 10.1 Å². The quantitative estimate of drug-likeness (QED) is 0.827. The maximum Gasteiger partial charge on any atom is 0.329 e. The average molecular weight is 263 g/mol. The van der Waals surface area contributed by atoms with E-state index in [-0.39, 0.29) is 0 Å². The minimum absolute atomic E-state index is 0.534. The molecule has 2 N–H and O–H groups in total. The SMILES string of the molecule is COc1ccc(NC(C)(CC2CCC2)C(=O)O)cc1. The molecular formula is C15H21NO3. The van der Waals surface area contributed by atoms with Crippen molar-refractivity contribution in [2.45, 2.75) is 38.1 Å². The molecule has 0 bridgehead atoms. The predicted molar refractivity (Wildman–Crippen MR) is 74.6 cm³/mol. The number of nitrogens with one attached hydrogen (secondary N) is 1. The maximum atomic E-state index is 11.5. The van der Waals surface area contributed by atoms with Gasteiger partial charge in [-0.1, -0.05) is 19.3 Å². The lowest BCUT2D eigenvalue weighted by molar-refractivity contribution is -0.142. The molecule has 0 aliphatic heterocycles. The summed E-state index contributed by atoms with van der Waals surface area (Å²) >= 11 is 0. The molecule has 0 spiro atoms. The summed E-state index contributed by atoms with van der Waals surface area (Å²) in [6, 6.07) is 7.35. The van der Waals surface area contributed by atoms with Gasteiger partial charge in [0.2, 0.25) is 0 Å². The van der Waals surface area contributed by atoms with Gasteiger partial charge in [-0.3, -0.25) is 0 Å². The van der Waals surface area contributed by atoms with Gasteiger partial charge in [-0.2, -0.15) is 0 Å². The van der Waals surface area contributed by atoms with Crippen molar-refractivity contribution < 1.29 is 14.6 Å². The van der Waals surface area contributed by atoms with Crippen molar-refractivity contribution in [3.63, 3.8) is 0 Å². The zero-order valence-electron chi connectivity index (χ0n) is 11.5. The highest BCUT2D eigenvalue weighted by Gasteiger charge is 2.37. The summed E-state index contributed by atoms with van der Waals surface area (Å²) in [6.45, 7) is 1.76. The molecule has 1 saturated carbocycles. The van der Waals surface area contributed by atoms with Crippen LogP contribution in [-0.4, -0.2) is 23.7 Å². The number of hydrogen-bond donors (Lipinski definition) is 2. The van der Waals surface area contributed by atoms with Crippen molar-refractivity contribution >= 4 is 11.7 Å². The van der Waals surface area contributed by atoms with E-state index in [9.17, 15) is 9.90 Å². The fraction of sp³-hybridized carbons (Fsp3) is 0.533. The topological polar surface area (TPSA) is 58.6 Å². The number of benzene rings is 1. The van der Waals surface area contributed by atoms with Gasteiger partial charge < -0.3 is 15.2 Å². The second-order valence-corrected chi connectivity index (χ2v) is 5.49. The highest BCUT2D eigenvalue weighted by atomic mass is 16.5. The van der Waals surface area contributed by atoms with Crippen LogP contribution in [0.4, 0.5) is 5.69 Å². The van der Waals surface area contributed by atoms with Gasteiger partial charge in [-0.15, -0.1) is 0 Å². The van der Waals surface area contributed by atoms with E-state index in [0.717, 1.165) is 24.3 Å². The van der Waals surface area contributed by atoms with Gasteiger partial charge in [0.05, 0.1) is 7.11 Å². The molecule has 19 heavy (non-hydrogen) atoms. The normalized spacial score (nSPS) is 18.2. The third-order valence-corrected chi connectivity index (χ3v) is 3.90.